The van der Waals surface area contributed by atoms with Gasteiger partial charge in [-0.2, -0.15) is 0 Å². The normalized spacial score (nSPS) is 14.8. The third kappa shape index (κ3) is 4.22. The molecule has 0 atom stereocenters. The van der Waals surface area contributed by atoms with Crippen molar-refractivity contribution < 1.29 is 4.79 Å². The predicted octanol–water partition coefficient (Wildman–Crippen LogP) is 4.71. The van der Waals surface area contributed by atoms with Gasteiger partial charge in [0, 0.05) is 23.9 Å². The molecule has 0 radical (unpaired) electrons. The van der Waals surface area contributed by atoms with Crippen LogP contribution in [0.5, 0.6) is 0 Å². The van der Waals surface area contributed by atoms with Gasteiger partial charge in [0.15, 0.2) is 0 Å². The molecule has 1 amide bonds. The third-order valence-corrected chi connectivity index (χ3v) is 5.97. The largest absolute Gasteiger partial charge is 0.282 e. The molecule has 1 fully saturated rings. The minimum Gasteiger partial charge on any atom is -0.282 e. The monoisotopic (exact) mass is 378 g/mol. The molecule has 0 aliphatic heterocycles. The lowest BCUT2D eigenvalue weighted by Gasteiger charge is -2.27. The third-order valence-electron chi connectivity index (χ3n) is 4.98. The van der Waals surface area contributed by atoms with Crippen LogP contribution in [0.3, 0.4) is 0 Å². The van der Waals surface area contributed by atoms with Crippen molar-refractivity contribution >= 4 is 22.4 Å². The molecule has 1 aliphatic rings. The van der Waals surface area contributed by atoms with Crippen LogP contribution in [0.25, 0.3) is 10.6 Å². The van der Waals surface area contributed by atoms with Crippen molar-refractivity contribution in [2.75, 3.05) is 4.90 Å². The summed E-state index contributed by atoms with van der Waals surface area (Å²) in [7, 11) is 0. The van der Waals surface area contributed by atoms with Crippen LogP contribution in [-0.2, 0) is 11.3 Å². The molecule has 27 heavy (non-hydrogen) atoms. The van der Waals surface area contributed by atoms with Crippen molar-refractivity contribution in [2.24, 2.45) is 5.92 Å². The summed E-state index contributed by atoms with van der Waals surface area (Å²) in [5.74, 6) is 0.270. The van der Waals surface area contributed by atoms with Gasteiger partial charge >= 0.3 is 0 Å². The number of aromatic nitrogens is 3. The summed E-state index contributed by atoms with van der Waals surface area (Å²) < 4.78 is 0. The molecule has 0 saturated heterocycles. The average Bonchev–Trinajstić information content (AvgIpc) is 3.23. The second-order valence-corrected chi connectivity index (χ2v) is 7.83. The lowest BCUT2D eigenvalue weighted by molar-refractivity contribution is -0.123. The van der Waals surface area contributed by atoms with Crippen LogP contribution in [0.15, 0.2) is 54.9 Å². The molecule has 2 aromatic heterocycles. The van der Waals surface area contributed by atoms with Gasteiger partial charge in [-0.1, -0.05) is 60.9 Å². The van der Waals surface area contributed by atoms with Crippen molar-refractivity contribution in [1.82, 2.24) is 15.2 Å². The number of carbonyl (C=O) groups excluding carboxylic acids is 1. The highest BCUT2D eigenvalue weighted by atomic mass is 32.1. The molecule has 6 heteroatoms. The van der Waals surface area contributed by atoms with Gasteiger partial charge < -0.3 is 0 Å². The molecule has 4 rings (SSSR count). The van der Waals surface area contributed by atoms with Gasteiger partial charge in [0.05, 0.1) is 6.54 Å². The highest BCUT2D eigenvalue weighted by Gasteiger charge is 2.29. The van der Waals surface area contributed by atoms with Crippen LogP contribution >= 0.6 is 11.3 Å². The van der Waals surface area contributed by atoms with Gasteiger partial charge in [-0.05, 0) is 30.5 Å². The zero-order valence-corrected chi connectivity index (χ0v) is 15.9. The van der Waals surface area contributed by atoms with E-state index in [1.165, 1.54) is 17.8 Å². The van der Waals surface area contributed by atoms with Crippen molar-refractivity contribution in [1.29, 1.82) is 0 Å². The van der Waals surface area contributed by atoms with Gasteiger partial charge in [0.2, 0.25) is 11.0 Å². The number of pyridine rings is 1. The molecule has 2 heterocycles. The molecule has 1 saturated carbocycles. The highest BCUT2D eigenvalue weighted by Crippen LogP contribution is 2.32. The lowest BCUT2D eigenvalue weighted by atomic mass is 9.88. The Morgan fingerprint density at radius 2 is 1.74 bits per heavy atom. The Bertz CT molecular complexity index is 875. The number of hydrogen-bond acceptors (Lipinski definition) is 5. The number of anilines is 1. The van der Waals surface area contributed by atoms with Gasteiger partial charge in [0.1, 0.15) is 5.01 Å². The fourth-order valence-electron chi connectivity index (χ4n) is 3.51. The van der Waals surface area contributed by atoms with E-state index in [2.05, 4.69) is 15.2 Å². The quantitative estimate of drug-likeness (QED) is 0.645. The Morgan fingerprint density at radius 1 is 1.00 bits per heavy atom. The first-order valence-electron chi connectivity index (χ1n) is 9.40. The average molecular weight is 379 g/mol. The van der Waals surface area contributed by atoms with Gasteiger partial charge in [-0.25, -0.2) is 0 Å². The SMILES string of the molecule is O=C(C1CCCCC1)N(Cc1ccccc1)c1nnc(-c2ccncc2)s1. The second-order valence-electron chi connectivity index (χ2n) is 6.87. The number of hydrogen-bond donors (Lipinski definition) is 0. The number of amides is 1. The summed E-state index contributed by atoms with van der Waals surface area (Å²) in [6, 6.07) is 13.9. The molecule has 3 aromatic rings. The first-order valence-corrected chi connectivity index (χ1v) is 10.2. The van der Waals surface area contributed by atoms with E-state index >= 15 is 0 Å². The fourth-order valence-corrected chi connectivity index (χ4v) is 4.37. The van der Waals surface area contributed by atoms with Gasteiger partial charge in [-0.15, -0.1) is 10.2 Å². The Morgan fingerprint density at radius 3 is 2.48 bits per heavy atom. The van der Waals surface area contributed by atoms with Crippen molar-refractivity contribution in [3.8, 4) is 10.6 Å². The first kappa shape index (κ1) is 17.8. The van der Waals surface area contributed by atoms with E-state index in [0.29, 0.717) is 11.7 Å². The van der Waals surface area contributed by atoms with Crippen LogP contribution in [0.1, 0.15) is 37.7 Å². The molecule has 0 spiro atoms. The fraction of sp³-hybridized carbons (Fsp3) is 0.333. The summed E-state index contributed by atoms with van der Waals surface area (Å²) in [5, 5.41) is 10.2. The molecule has 0 bridgehead atoms. The molecule has 5 nitrogen and oxygen atoms in total. The Kier molecular flexibility index (Phi) is 5.53. The van der Waals surface area contributed by atoms with Crippen molar-refractivity contribution in [3.63, 3.8) is 0 Å². The zero-order chi connectivity index (χ0) is 18.5. The number of benzene rings is 1. The molecule has 1 aliphatic carbocycles. The number of carbonyl (C=O) groups is 1. The maximum atomic E-state index is 13.3. The summed E-state index contributed by atoms with van der Waals surface area (Å²) in [6.07, 6.45) is 8.92. The van der Waals surface area contributed by atoms with E-state index in [9.17, 15) is 4.79 Å². The van der Waals surface area contributed by atoms with E-state index in [1.807, 2.05) is 47.4 Å². The van der Waals surface area contributed by atoms with Gasteiger partial charge in [0.25, 0.3) is 0 Å². The Hall–Kier alpha value is -2.60. The molecular weight excluding hydrogens is 356 g/mol. The van der Waals surface area contributed by atoms with Crippen LogP contribution < -0.4 is 4.90 Å². The maximum absolute atomic E-state index is 13.3. The van der Waals surface area contributed by atoms with E-state index in [0.717, 1.165) is 41.8 Å². The summed E-state index contributed by atoms with van der Waals surface area (Å²) in [4.78, 5) is 19.2. The lowest BCUT2D eigenvalue weighted by Crippen LogP contribution is -2.36. The highest BCUT2D eigenvalue weighted by molar-refractivity contribution is 7.18. The number of nitrogens with zero attached hydrogens (tertiary/aromatic N) is 4. The minimum atomic E-state index is 0.0933. The van der Waals surface area contributed by atoms with Crippen LogP contribution in [0.2, 0.25) is 0 Å². The first-order chi connectivity index (χ1) is 13.3. The Balaban J connectivity index is 1.63. The van der Waals surface area contributed by atoms with Gasteiger partial charge in [-0.3, -0.25) is 14.7 Å². The minimum absolute atomic E-state index is 0.0933. The van der Waals surface area contributed by atoms with Crippen molar-refractivity contribution in [2.45, 2.75) is 38.6 Å². The molecule has 0 N–H and O–H groups in total. The van der Waals surface area contributed by atoms with Crippen molar-refractivity contribution in [3.05, 3.63) is 60.4 Å². The second kappa shape index (κ2) is 8.39. The predicted molar refractivity (Wildman–Crippen MR) is 107 cm³/mol. The summed E-state index contributed by atoms with van der Waals surface area (Å²) in [6.45, 7) is 0.529. The van der Waals surface area contributed by atoms with E-state index < -0.39 is 0 Å². The van der Waals surface area contributed by atoms with Crippen LogP contribution in [-0.4, -0.2) is 21.1 Å². The standard InChI is InChI=1S/C21H22N4OS/c26-20(18-9-5-2-6-10-18)25(15-16-7-3-1-4-8-16)21-24-23-19(27-21)17-11-13-22-14-12-17/h1,3-4,7-8,11-14,18H,2,5-6,9-10,15H2. The van der Waals surface area contributed by atoms with Crippen LogP contribution in [0, 0.1) is 5.92 Å². The maximum Gasteiger partial charge on any atom is 0.232 e. The van der Waals surface area contributed by atoms with E-state index in [4.69, 9.17) is 0 Å². The summed E-state index contributed by atoms with van der Waals surface area (Å²) in [5.41, 5.74) is 2.07. The number of rotatable bonds is 5. The van der Waals surface area contributed by atoms with Crippen LogP contribution in [0.4, 0.5) is 5.13 Å². The zero-order valence-electron chi connectivity index (χ0n) is 15.1. The Labute approximate surface area is 163 Å². The smallest absolute Gasteiger partial charge is 0.232 e. The van der Waals surface area contributed by atoms with E-state index in [1.54, 1.807) is 12.4 Å². The topological polar surface area (TPSA) is 59.0 Å². The summed E-state index contributed by atoms with van der Waals surface area (Å²) >= 11 is 1.46. The molecule has 138 valence electrons. The molecular formula is C21H22N4OS. The molecule has 0 unspecified atom stereocenters. The molecule has 1 aromatic carbocycles. The van der Waals surface area contributed by atoms with E-state index in [-0.39, 0.29) is 11.8 Å².